The van der Waals surface area contributed by atoms with Gasteiger partial charge in [0.05, 0.1) is 17.3 Å². The highest BCUT2D eigenvalue weighted by molar-refractivity contribution is 7.91. The molecule has 0 aliphatic carbocycles. The number of amides is 1. The summed E-state index contributed by atoms with van der Waals surface area (Å²) in [6.45, 7) is 4.10. The molecule has 0 aliphatic rings. The summed E-state index contributed by atoms with van der Waals surface area (Å²) in [5.41, 5.74) is 2.57. The van der Waals surface area contributed by atoms with E-state index in [2.05, 4.69) is 19.2 Å². The van der Waals surface area contributed by atoms with Gasteiger partial charge >= 0.3 is 0 Å². The molecule has 2 aromatic carbocycles. The summed E-state index contributed by atoms with van der Waals surface area (Å²) < 4.78 is 23.7. The first-order chi connectivity index (χ1) is 11.8. The van der Waals surface area contributed by atoms with E-state index in [4.69, 9.17) is 5.11 Å². The smallest absolute Gasteiger partial charge is 0.251 e. The minimum absolute atomic E-state index is 0.168. The first kappa shape index (κ1) is 19.1. The third-order valence-electron chi connectivity index (χ3n) is 3.94. The van der Waals surface area contributed by atoms with E-state index in [1.807, 2.05) is 12.1 Å². The van der Waals surface area contributed by atoms with Crippen molar-refractivity contribution in [2.75, 3.05) is 12.4 Å². The van der Waals surface area contributed by atoms with Crippen LogP contribution in [-0.4, -0.2) is 31.8 Å². The minimum atomic E-state index is -3.45. The molecule has 0 unspecified atom stereocenters. The van der Waals surface area contributed by atoms with Crippen LogP contribution in [0.3, 0.4) is 0 Å². The lowest BCUT2D eigenvalue weighted by atomic mass is 10.0. The molecule has 1 amide bonds. The fourth-order valence-corrected chi connectivity index (χ4v) is 3.38. The number of hydrogen-bond acceptors (Lipinski definition) is 4. The largest absolute Gasteiger partial charge is 0.395 e. The van der Waals surface area contributed by atoms with Gasteiger partial charge in [0, 0.05) is 12.1 Å². The van der Waals surface area contributed by atoms with Gasteiger partial charge in [0.25, 0.3) is 5.91 Å². The highest BCUT2D eigenvalue weighted by atomic mass is 32.2. The van der Waals surface area contributed by atoms with Crippen LogP contribution in [0.4, 0.5) is 0 Å². The molecule has 0 heterocycles. The maximum atomic E-state index is 12.2. The molecule has 0 saturated heterocycles. The SMILES string of the molecule is CC(C)c1ccc(C(=O)NCc2ccc(S(=O)(=O)CCO)cc2)cc1. The highest BCUT2D eigenvalue weighted by Crippen LogP contribution is 2.15. The number of nitrogens with one attached hydrogen (secondary N) is 1. The summed E-state index contributed by atoms with van der Waals surface area (Å²) in [4.78, 5) is 12.3. The van der Waals surface area contributed by atoms with E-state index < -0.39 is 16.4 Å². The second-order valence-corrected chi connectivity index (χ2v) is 8.25. The Morgan fingerprint density at radius 1 is 1.04 bits per heavy atom. The lowest BCUT2D eigenvalue weighted by Gasteiger charge is -2.09. The first-order valence-electron chi connectivity index (χ1n) is 8.14. The lowest BCUT2D eigenvalue weighted by Crippen LogP contribution is -2.22. The maximum Gasteiger partial charge on any atom is 0.251 e. The van der Waals surface area contributed by atoms with Crippen molar-refractivity contribution in [1.82, 2.24) is 5.32 Å². The highest BCUT2D eigenvalue weighted by Gasteiger charge is 2.13. The molecular formula is C19H23NO4S. The zero-order valence-corrected chi connectivity index (χ0v) is 15.2. The molecule has 0 fully saturated rings. The summed E-state index contributed by atoms with van der Waals surface area (Å²) in [5, 5.41) is 11.6. The fourth-order valence-electron chi connectivity index (χ4n) is 2.36. The number of sulfone groups is 1. The molecule has 6 heteroatoms. The number of carbonyl (C=O) groups excluding carboxylic acids is 1. The molecule has 0 saturated carbocycles. The van der Waals surface area contributed by atoms with Crippen LogP contribution in [0.2, 0.25) is 0 Å². The van der Waals surface area contributed by atoms with Crippen LogP contribution in [0.5, 0.6) is 0 Å². The summed E-state index contributed by atoms with van der Waals surface area (Å²) >= 11 is 0. The zero-order valence-electron chi connectivity index (χ0n) is 14.4. The van der Waals surface area contributed by atoms with Gasteiger partial charge in [-0.2, -0.15) is 0 Å². The molecule has 2 rings (SSSR count). The second-order valence-electron chi connectivity index (χ2n) is 6.15. The van der Waals surface area contributed by atoms with E-state index in [-0.39, 0.29) is 16.6 Å². The van der Waals surface area contributed by atoms with Gasteiger partial charge in [-0.05, 0) is 41.3 Å². The van der Waals surface area contributed by atoms with E-state index in [0.29, 0.717) is 18.0 Å². The van der Waals surface area contributed by atoms with Gasteiger partial charge in [0.2, 0.25) is 0 Å². The van der Waals surface area contributed by atoms with Gasteiger partial charge in [0.15, 0.2) is 9.84 Å². The van der Waals surface area contributed by atoms with Gasteiger partial charge in [-0.15, -0.1) is 0 Å². The van der Waals surface area contributed by atoms with Crippen LogP contribution in [-0.2, 0) is 16.4 Å². The van der Waals surface area contributed by atoms with Gasteiger partial charge in [-0.1, -0.05) is 38.1 Å². The Kier molecular flexibility index (Phi) is 6.33. The van der Waals surface area contributed by atoms with Gasteiger partial charge in [-0.3, -0.25) is 4.79 Å². The number of aliphatic hydroxyl groups is 1. The molecule has 0 aliphatic heterocycles. The Balaban J connectivity index is 1.98. The van der Waals surface area contributed by atoms with Crippen molar-refractivity contribution < 1.29 is 18.3 Å². The maximum absolute atomic E-state index is 12.2. The van der Waals surface area contributed by atoms with Crippen molar-refractivity contribution in [1.29, 1.82) is 0 Å². The second kappa shape index (κ2) is 8.27. The van der Waals surface area contributed by atoms with Crippen LogP contribution in [0, 0.1) is 0 Å². The predicted octanol–water partition coefficient (Wildman–Crippen LogP) is 2.51. The normalized spacial score (nSPS) is 11.5. The molecule has 0 spiro atoms. The summed E-state index contributed by atoms with van der Waals surface area (Å²) in [6.07, 6.45) is 0. The number of aliphatic hydroxyl groups excluding tert-OH is 1. The van der Waals surface area contributed by atoms with E-state index >= 15 is 0 Å². The van der Waals surface area contributed by atoms with Crippen molar-refractivity contribution in [3.05, 3.63) is 65.2 Å². The third-order valence-corrected chi connectivity index (χ3v) is 5.65. The van der Waals surface area contributed by atoms with E-state index in [1.165, 1.54) is 17.7 Å². The molecule has 5 nitrogen and oxygen atoms in total. The average Bonchev–Trinajstić information content (AvgIpc) is 2.60. The van der Waals surface area contributed by atoms with Gasteiger partial charge < -0.3 is 10.4 Å². The topological polar surface area (TPSA) is 83.5 Å². The Morgan fingerprint density at radius 2 is 1.64 bits per heavy atom. The van der Waals surface area contributed by atoms with Gasteiger partial charge in [0.1, 0.15) is 0 Å². The number of rotatable bonds is 7. The fraction of sp³-hybridized carbons (Fsp3) is 0.316. The molecule has 0 bridgehead atoms. The van der Waals surface area contributed by atoms with Crippen LogP contribution >= 0.6 is 0 Å². The monoisotopic (exact) mass is 361 g/mol. The molecule has 0 atom stereocenters. The number of benzene rings is 2. The minimum Gasteiger partial charge on any atom is -0.395 e. The Morgan fingerprint density at radius 3 is 2.16 bits per heavy atom. The van der Waals surface area contributed by atoms with Crippen molar-refractivity contribution in [3.8, 4) is 0 Å². The molecule has 25 heavy (non-hydrogen) atoms. The van der Waals surface area contributed by atoms with Crippen molar-refractivity contribution >= 4 is 15.7 Å². The first-order valence-corrected chi connectivity index (χ1v) is 9.79. The van der Waals surface area contributed by atoms with E-state index in [9.17, 15) is 13.2 Å². The molecule has 0 aromatic heterocycles. The number of carbonyl (C=O) groups is 1. The standard InChI is InChI=1S/C19H23NO4S/c1-14(2)16-5-7-17(8-6-16)19(22)20-13-15-3-9-18(10-4-15)25(23,24)12-11-21/h3-10,14,21H,11-13H2,1-2H3,(H,20,22). The Bertz CT molecular complexity index is 810. The van der Waals surface area contributed by atoms with E-state index in [1.54, 1.807) is 24.3 Å². The lowest BCUT2D eigenvalue weighted by molar-refractivity contribution is 0.0951. The molecular weight excluding hydrogens is 338 g/mol. The van der Waals surface area contributed by atoms with Crippen molar-refractivity contribution in [3.63, 3.8) is 0 Å². The molecule has 134 valence electrons. The third kappa shape index (κ3) is 5.14. The quantitative estimate of drug-likeness (QED) is 0.794. The Labute approximate surface area is 148 Å². The van der Waals surface area contributed by atoms with E-state index in [0.717, 1.165) is 5.56 Å². The Hall–Kier alpha value is -2.18. The molecule has 2 aromatic rings. The van der Waals surface area contributed by atoms with Crippen LogP contribution < -0.4 is 5.32 Å². The van der Waals surface area contributed by atoms with Crippen molar-refractivity contribution in [2.45, 2.75) is 31.2 Å². The average molecular weight is 361 g/mol. The van der Waals surface area contributed by atoms with Crippen LogP contribution in [0.25, 0.3) is 0 Å². The summed E-state index contributed by atoms with van der Waals surface area (Å²) in [6, 6.07) is 13.8. The predicted molar refractivity (Wildman–Crippen MR) is 97.3 cm³/mol. The van der Waals surface area contributed by atoms with Crippen molar-refractivity contribution in [2.24, 2.45) is 0 Å². The summed E-state index contributed by atoms with van der Waals surface area (Å²) in [5.74, 6) is -0.0554. The molecule has 2 N–H and O–H groups in total. The van der Waals surface area contributed by atoms with Gasteiger partial charge in [-0.25, -0.2) is 8.42 Å². The zero-order chi connectivity index (χ0) is 18.4. The summed E-state index contributed by atoms with van der Waals surface area (Å²) in [7, 11) is -3.45. The molecule has 0 radical (unpaired) electrons. The van der Waals surface area contributed by atoms with Crippen LogP contribution in [0.1, 0.15) is 41.3 Å². The number of hydrogen-bond donors (Lipinski definition) is 2. The van der Waals surface area contributed by atoms with Crippen LogP contribution in [0.15, 0.2) is 53.4 Å².